The largest absolute Gasteiger partial charge is 0.496 e. The molecular weight excluding hydrogens is 622 g/mol. The van der Waals surface area contributed by atoms with E-state index in [1.807, 2.05) is 57.2 Å². The van der Waals surface area contributed by atoms with E-state index < -0.39 is 23.3 Å². The van der Waals surface area contributed by atoms with Crippen molar-refractivity contribution in [2.75, 3.05) is 32.8 Å². The molecule has 49 heavy (non-hydrogen) atoms. The number of amides is 1. The number of methoxy groups -OCH3 is 2. The van der Waals surface area contributed by atoms with E-state index >= 15 is 0 Å². The first-order chi connectivity index (χ1) is 23.3. The molecule has 5 N–H and O–H groups in total. The average molecular weight is 678 g/mol. The molecule has 4 aliphatic carbocycles. The van der Waals surface area contributed by atoms with Crippen LogP contribution in [0.4, 0.5) is 5.69 Å². The first-order valence-corrected chi connectivity index (χ1v) is 17.6. The monoisotopic (exact) mass is 677 g/mol. The van der Waals surface area contributed by atoms with Crippen LogP contribution in [0.3, 0.4) is 0 Å². The van der Waals surface area contributed by atoms with E-state index in [0.29, 0.717) is 53.4 Å². The molecule has 4 fully saturated rings. The van der Waals surface area contributed by atoms with Crippen LogP contribution in [-0.2, 0) is 9.53 Å². The molecule has 0 spiro atoms. The molecule has 10 heteroatoms. The summed E-state index contributed by atoms with van der Waals surface area (Å²) in [6.45, 7) is 10.3. The molecule has 0 radical (unpaired) electrons. The Bertz CT molecular complexity index is 1480. The highest BCUT2D eigenvalue weighted by Crippen LogP contribution is 2.59. The molecule has 0 saturated heterocycles. The van der Waals surface area contributed by atoms with E-state index in [2.05, 4.69) is 24.5 Å². The van der Waals surface area contributed by atoms with E-state index in [1.54, 1.807) is 14.2 Å². The molecule has 1 atom stereocenters. The zero-order chi connectivity index (χ0) is 35.5. The van der Waals surface area contributed by atoms with Crippen LogP contribution in [-0.4, -0.2) is 66.7 Å². The molecule has 268 valence electrons. The van der Waals surface area contributed by atoms with Gasteiger partial charge in [-0.2, -0.15) is 0 Å². The van der Waals surface area contributed by atoms with Crippen LogP contribution in [0.25, 0.3) is 5.70 Å². The summed E-state index contributed by atoms with van der Waals surface area (Å²) < 4.78 is 23.6. The van der Waals surface area contributed by atoms with Crippen molar-refractivity contribution in [1.29, 1.82) is 5.41 Å². The van der Waals surface area contributed by atoms with Crippen molar-refractivity contribution in [2.45, 2.75) is 96.5 Å². The molecule has 2 aromatic carbocycles. The number of carbonyl (C=O) groups is 1. The molecule has 1 amide bonds. The van der Waals surface area contributed by atoms with Gasteiger partial charge in [0.1, 0.15) is 23.0 Å². The summed E-state index contributed by atoms with van der Waals surface area (Å²) in [4.78, 5) is 14.2. The Kier molecular flexibility index (Phi) is 11.3. The Hall–Kier alpha value is -3.60. The highest BCUT2D eigenvalue weighted by Gasteiger charge is 2.62. The molecule has 4 bridgehead atoms. The standard InChI is InChI=1S/C39H55N3O7/c1-23(2)29-21-28(48-15-9-14-43)12-13-31(29)41-32(35-33(46-6)10-8-11-34(35)47-7)22-30(40)36(44)42-39(37(45)49-38(3,4)5)26-17-24-16-25(19-26)20-27(39)18-24/h8,10-13,21-27,37,40-41,43,45H,9,14-20H2,1-7H3,(H,42,44)/b32-22-,40-30?. The lowest BCUT2D eigenvalue weighted by Gasteiger charge is -2.62. The fourth-order valence-corrected chi connectivity index (χ4v) is 8.45. The van der Waals surface area contributed by atoms with Crippen molar-refractivity contribution in [3.05, 3.63) is 53.6 Å². The lowest BCUT2D eigenvalue weighted by atomic mass is 9.48. The second-order valence-electron chi connectivity index (χ2n) is 15.2. The summed E-state index contributed by atoms with van der Waals surface area (Å²) in [6, 6.07) is 11.2. The van der Waals surface area contributed by atoms with Crippen molar-refractivity contribution >= 4 is 23.0 Å². The van der Waals surface area contributed by atoms with Gasteiger partial charge in [-0.05, 0) is 124 Å². The Morgan fingerprint density at radius 2 is 1.63 bits per heavy atom. The highest BCUT2D eigenvalue weighted by molar-refractivity contribution is 6.43. The number of nitrogens with one attached hydrogen (secondary N) is 3. The normalized spacial score (nSPS) is 25.2. The molecule has 0 aliphatic heterocycles. The van der Waals surface area contributed by atoms with Crippen LogP contribution < -0.4 is 24.8 Å². The SMILES string of the molecule is COc1cccc(OC)c1/C(=C/C(=N)C(=O)NC1(C(O)OC(C)(C)C)C2CC3CC(C2)CC1C3)Nc1ccc(OCCCO)cc1C(C)C. The van der Waals surface area contributed by atoms with E-state index in [9.17, 15) is 20.4 Å². The topological polar surface area (TPSA) is 142 Å². The van der Waals surface area contributed by atoms with Gasteiger partial charge in [0.25, 0.3) is 5.91 Å². The maximum absolute atomic E-state index is 14.2. The molecule has 0 aromatic heterocycles. The van der Waals surface area contributed by atoms with Gasteiger partial charge in [0.2, 0.25) is 0 Å². The van der Waals surface area contributed by atoms with Crippen LogP contribution in [0, 0.1) is 29.1 Å². The van der Waals surface area contributed by atoms with Crippen LogP contribution in [0.5, 0.6) is 17.2 Å². The highest BCUT2D eigenvalue weighted by atomic mass is 16.6. The van der Waals surface area contributed by atoms with Gasteiger partial charge in [0, 0.05) is 18.7 Å². The number of anilines is 1. The van der Waals surface area contributed by atoms with Gasteiger partial charge in [-0.25, -0.2) is 0 Å². The van der Waals surface area contributed by atoms with Gasteiger partial charge in [-0.1, -0.05) is 19.9 Å². The second-order valence-corrected chi connectivity index (χ2v) is 15.2. The predicted molar refractivity (Wildman–Crippen MR) is 191 cm³/mol. The minimum absolute atomic E-state index is 0.0527. The number of rotatable bonds is 15. The zero-order valence-corrected chi connectivity index (χ0v) is 30.1. The fourth-order valence-electron chi connectivity index (χ4n) is 8.45. The van der Waals surface area contributed by atoms with Gasteiger partial charge in [-0.15, -0.1) is 0 Å². The molecule has 4 saturated carbocycles. The number of carbonyl (C=O) groups excluding carboxylic acids is 1. The van der Waals surface area contributed by atoms with E-state index in [0.717, 1.165) is 36.9 Å². The summed E-state index contributed by atoms with van der Waals surface area (Å²) in [7, 11) is 3.14. The molecule has 0 heterocycles. The number of benzene rings is 2. The van der Waals surface area contributed by atoms with Crippen molar-refractivity contribution in [3.8, 4) is 17.2 Å². The summed E-state index contributed by atoms with van der Waals surface area (Å²) in [5.74, 6) is 2.57. The van der Waals surface area contributed by atoms with Crippen molar-refractivity contribution in [2.24, 2.45) is 23.7 Å². The average Bonchev–Trinajstić information content (AvgIpc) is 3.04. The van der Waals surface area contributed by atoms with Crippen LogP contribution in [0.2, 0.25) is 0 Å². The Balaban J connectivity index is 1.53. The number of hydrogen-bond donors (Lipinski definition) is 5. The lowest BCUT2D eigenvalue weighted by Crippen LogP contribution is -2.72. The molecule has 1 unspecified atom stereocenters. The summed E-state index contributed by atoms with van der Waals surface area (Å²) in [6.07, 6.45) is 5.79. The van der Waals surface area contributed by atoms with Gasteiger partial charge in [0.15, 0.2) is 6.29 Å². The van der Waals surface area contributed by atoms with Crippen LogP contribution in [0.1, 0.15) is 90.2 Å². The Morgan fingerprint density at radius 1 is 1.02 bits per heavy atom. The third-order valence-electron chi connectivity index (χ3n) is 10.4. The third kappa shape index (κ3) is 7.92. The maximum Gasteiger partial charge on any atom is 0.269 e. The van der Waals surface area contributed by atoms with Gasteiger partial charge < -0.3 is 39.8 Å². The minimum atomic E-state index is -1.21. The second kappa shape index (κ2) is 15.1. The van der Waals surface area contributed by atoms with E-state index in [4.69, 9.17) is 18.9 Å². The number of ether oxygens (including phenoxy) is 4. The van der Waals surface area contributed by atoms with Gasteiger partial charge >= 0.3 is 0 Å². The van der Waals surface area contributed by atoms with Crippen molar-refractivity contribution in [1.82, 2.24) is 5.32 Å². The predicted octanol–water partition coefficient (Wildman–Crippen LogP) is 6.51. The number of hydrogen-bond acceptors (Lipinski definition) is 9. The molecule has 4 aliphatic rings. The quantitative estimate of drug-likeness (QED) is 0.0817. The first kappa shape index (κ1) is 36.7. The molecule has 6 rings (SSSR count). The maximum atomic E-state index is 14.2. The smallest absolute Gasteiger partial charge is 0.269 e. The number of aliphatic hydroxyl groups is 2. The van der Waals surface area contributed by atoms with Crippen molar-refractivity contribution in [3.63, 3.8) is 0 Å². The van der Waals surface area contributed by atoms with Gasteiger partial charge in [0.05, 0.1) is 43.2 Å². The van der Waals surface area contributed by atoms with Crippen LogP contribution in [0.15, 0.2) is 42.5 Å². The first-order valence-electron chi connectivity index (χ1n) is 17.6. The van der Waals surface area contributed by atoms with Crippen molar-refractivity contribution < 1.29 is 34.0 Å². The Labute approximate surface area is 291 Å². The zero-order valence-electron chi connectivity index (χ0n) is 30.1. The van der Waals surface area contributed by atoms with Gasteiger partial charge in [-0.3, -0.25) is 10.2 Å². The molecule has 2 aromatic rings. The number of aliphatic hydroxyl groups excluding tert-OH is 2. The summed E-state index contributed by atoms with van der Waals surface area (Å²) in [5.41, 5.74) is 0.853. The molecular formula is C39H55N3O7. The third-order valence-corrected chi connectivity index (χ3v) is 10.4. The fraction of sp³-hybridized carbons (Fsp3) is 0.590. The van der Waals surface area contributed by atoms with Crippen LogP contribution >= 0.6 is 0 Å². The minimum Gasteiger partial charge on any atom is -0.496 e. The lowest BCUT2D eigenvalue weighted by molar-refractivity contribution is -0.253. The van der Waals surface area contributed by atoms with E-state index in [-0.39, 0.29) is 30.1 Å². The molecule has 10 nitrogen and oxygen atoms in total. The Morgan fingerprint density at radius 3 is 2.16 bits per heavy atom. The van der Waals surface area contributed by atoms with E-state index in [1.165, 1.54) is 12.5 Å². The summed E-state index contributed by atoms with van der Waals surface area (Å²) in [5, 5.41) is 36.9. The summed E-state index contributed by atoms with van der Waals surface area (Å²) >= 11 is 0.